The maximum atomic E-state index is 5.79. The van der Waals surface area contributed by atoms with Crippen molar-refractivity contribution >= 4 is 0 Å². The molecule has 0 radical (unpaired) electrons. The first kappa shape index (κ1) is 14.9. The van der Waals surface area contributed by atoms with E-state index >= 15 is 0 Å². The van der Waals surface area contributed by atoms with Crippen LogP contribution in [-0.2, 0) is 0 Å². The predicted octanol–water partition coefficient (Wildman–Crippen LogP) is 2.24. The average Bonchev–Trinajstić information content (AvgIpc) is 2.89. The van der Waals surface area contributed by atoms with Crippen LogP contribution < -0.4 is 11.1 Å². The molecule has 1 heterocycles. The van der Waals surface area contributed by atoms with Gasteiger partial charge in [0.05, 0.1) is 32.7 Å². The van der Waals surface area contributed by atoms with Crippen LogP contribution in [0.2, 0.25) is 0 Å². The Labute approximate surface area is 118 Å². The van der Waals surface area contributed by atoms with E-state index in [0.717, 1.165) is 25.6 Å². The van der Waals surface area contributed by atoms with Crippen molar-refractivity contribution in [3.63, 3.8) is 0 Å². The lowest BCUT2D eigenvalue weighted by atomic mass is 9.87. The van der Waals surface area contributed by atoms with E-state index in [1.165, 1.54) is 74.8 Å². The van der Waals surface area contributed by atoms with E-state index in [1.807, 2.05) is 0 Å². The number of hydrogen-bond acceptors (Lipinski definition) is 2. The van der Waals surface area contributed by atoms with Crippen LogP contribution in [0.4, 0.5) is 0 Å². The van der Waals surface area contributed by atoms with Gasteiger partial charge in [-0.1, -0.05) is 25.8 Å². The second kappa shape index (κ2) is 7.30. The Kier molecular flexibility index (Phi) is 5.71. The van der Waals surface area contributed by atoms with Gasteiger partial charge in [0.15, 0.2) is 0 Å². The summed E-state index contributed by atoms with van der Waals surface area (Å²) in [5, 5.41) is 3.61. The molecule has 0 aromatic rings. The van der Waals surface area contributed by atoms with Crippen molar-refractivity contribution in [1.82, 2.24) is 5.32 Å². The molecule has 3 N–H and O–H groups in total. The summed E-state index contributed by atoms with van der Waals surface area (Å²) in [6.07, 6.45) is 9.63. The SMILES string of the molecule is C=C(NCC[N+]1(CCN)CCCC1)C1CCCCC1. The number of likely N-dealkylation sites (tertiary alicyclic amines) is 1. The molecule has 0 bridgehead atoms. The summed E-state index contributed by atoms with van der Waals surface area (Å²) >= 11 is 0. The van der Waals surface area contributed by atoms with Crippen molar-refractivity contribution in [2.45, 2.75) is 44.9 Å². The van der Waals surface area contributed by atoms with Crippen molar-refractivity contribution in [2.24, 2.45) is 11.7 Å². The molecule has 2 fully saturated rings. The third kappa shape index (κ3) is 4.22. The fourth-order valence-corrected chi connectivity index (χ4v) is 3.89. The van der Waals surface area contributed by atoms with Gasteiger partial charge in [-0.2, -0.15) is 0 Å². The summed E-state index contributed by atoms with van der Waals surface area (Å²) in [5.41, 5.74) is 7.08. The molecule has 0 spiro atoms. The Morgan fingerprint density at radius 2 is 1.74 bits per heavy atom. The highest BCUT2D eigenvalue weighted by atomic mass is 15.4. The lowest BCUT2D eigenvalue weighted by Gasteiger charge is -2.34. The molecule has 0 unspecified atom stereocenters. The molecular weight excluding hydrogens is 234 g/mol. The molecule has 0 aromatic carbocycles. The molecule has 3 nitrogen and oxygen atoms in total. The highest BCUT2D eigenvalue weighted by Crippen LogP contribution is 2.27. The molecule has 2 rings (SSSR count). The molecule has 0 atom stereocenters. The number of quaternary nitrogens is 1. The van der Waals surface area contributed by atoms with Gasteiger partial charge in [-0.25, -0.2) is 0 Å². The lowest BCUT2D eigenvalue weighted by Crippen LogP contribution is -2.51. The molecular formula is C16H32N3+. The summed E-state index contributed by atoms with van der Waals surface area (Å²) in [6, 6.07) is 0. The van der Waals surface area contributed by atoms with E-state index in [9.17, 15) is 0 Å². The quantitative estimate of drug-likeness (QED) is 0.694. The van der Waals surface area contributed by atoms with Crippen LogP contribution in [0, 0.1) is 5.92 Å². The van der Waals surface area contributed by atoms with Crippen LogP contribution in [-0.4, -0.2) is 43.8 Å². The fraction of sp³-hybridized carbons (Fsp3) is 0.875. The van der Waals surface area contributed by atoms with Gasteiger partial charge in [-0.3, -0.25) is 0 Å². The Morgan fingerprint density at radius 3 is 2.37 bits per heavy atom. The van der Waals surface area contributed by atoms with Crippen LogP contribution in [0.1, 0.15) is 44.9 Å². The van der Waals surface area contributed by atoms with Crippen LogP contribution in [0.3, 0.4) is 0 Å². The summed E-state index contributed by atoms with van der Waals surface area (Å²) in [4.78, 5) is 0. The van der Waals surface area contributed by atoms with Crippen molar-refractivity contribution < 1.29 is 4.48 Å². The molecule has 2 aliphatic rings. The van der Waals surface area contributed by atoms with Crippen LogP contribution in [0.15, 0.2) is 12.3 Å². The third-order valence-electron chi connectivity index (χ3n) is 5.15. The van der Waals surface area contributed by atoms with Crippen molar-refractivity contribution in [3.05, 3.63) is 12.3 Å². The zero-order chi connectivity index (χ0) is 13.6. The van der Waals surface area contributed by atoms with Crippen LogP contribution >= 0.6 is 0 Å². The molecule has 1 aliphatic heterocycles. The molecule has 1 saturated heterocycles. The summed E-state index contributed by atoms with van der Waals surface area (Å²) < 4.78 is 1.24. The van der Waals surface area contributed by atoms with E-state index in [0.29, 0.717) is 0 Å². The molecule has 1 aliphatic carbocycles. The minimum absolute atomic E-state index is 0.732. The second-order valence-corrected chi connectivity index (χ2v) is 6.52. The highest BCUT2D eigenvalue weighted by molar-refractivity contribution is 4.99. The number of rotatable bonds is 7. The van der Waals surface area contributed by atoms with Gasteiger partial charge in [-0.05, 0) is 18.8 Å². The zero-order valence-corrected chi connectivity index (χ0v) is 12.5. The van der Waals surface area contributed by atoms with E-state index in [-0.39, 0.29) is 0 Å². The van der Waals surface area contributed by atoms with E-state index < -0.39 is 0 Å². The van der Waals surface area contributed by atoms with E-state index in [4.69, 9.17) is 5.73 Å². The molecule has 0 aromatic heterocycles. The summed E-state index contributed by atoms with van der Waals surface area (Å²) in [6.45, 7) is 11.2. The number of hydrogen-bond donors (Lipinski definition) is 2. The summed E-state index contributed by atoms with van der Waals surface area (Å²) in [7, 11) is 0. The number of nitrogens with two attached hydrogens (primary N) is 1. The maximum Gasteiger partial charge on any atom is 0.0962 e. The minimum Gasteiger partial charge on any atom is -0.383 e. The fourth-order valence-electron chi connectivity index (χ4n) is 3.89. The van der Waals surface area contributed by atoms with Gasteiger partial charge in [0, 0.05) is 25.1 Å². The van der Waals surface area contributed by atoms with Gasteiger partial charge in [0.1, 0.15) is 0 Å². The topological polar surface area (TPSA) is 38.0 Å². The van der Waals surface area contributed by atoms with Gasteiger partial charge in [-0.15, -0.1) is 0 Å². The van der Waals surface area contributed by atoms with Gasteiger partial charge >= 0.3 is 0 Å². The van der Waals surface area contributed by atoms with Gasteiger partial charge in [0.25, 0.3) is 0 Å². The Morgan fingerprint density at radius 1 is 1.05 bits per heavy atom. The number of allylic oxidation sites excluding steroid dienone is 1. The number of nitrogens with one attached hydrogen (secondary N) is 1. The van der Waals surface area contributed by atoms with E-state index in [1.54, 1.807) is 0 Å². The number of nitrogens with zero attached hydrogens (tertiary/aromatic N) is 1. The van der Waals surface area contributed by atoms with Crippen molar-refractivity contribution in [2.75, 3.05) is 39.3 Å². The molecule has 3 heteroatoms. The third-order valence-corrected chi connectivity index (χ3v) is 5.15. The maximum absolute atomic E-state index is 5.79. The lowest BCUT2D eigenvalue weighted by molar-refractivity contribution is -0.914. The first-order valence-corrected chi connectivity index (χ1v) is 8.24. The standard InChI is InChI=1S/C16H32N3/c1-15(16-7-3-2-4-8-16)18-10-14-19(13-9-17)11-5-6-12-19/h16,18H,1-14,17H2/q+1. The molecule has 0 amide bonds. The normalized spacial score (nSPS) is 23.4. The van der Waals surface area contributed by atoms with Gasteiger partial charge in [0.2, 0.25) is 0 Å². The monoisotopic (exact) mass is 266 g/mol. The van der Waals surface area contributed by atoms with Crippen LogP contribution in [0.5, 0.6) is 0 Å². The Hall–Kier alpha value is -0.540. The smallest absolute Gasteiger partial charge is 0.0962 e. The highest BCUT2D eigenvalue weighted by Gasteiger charge is 2.30. The van der Waals surface area contributed by atoms with Gasteiger partial charge < -0.3 is 15.5 Å². The zero-order valence-electron chi connectivity index (χ0n) is 12.5. The van der Waals surface area contributed by atoms with Crippen molar-refractivity contribution in [1.29, 1.82) is 0 Å². The molecule has 1 saturated carbocycles. The molecule has 110 valence electrons. The minimum atomic E-state index is 0.732. The first-order valence-electron chi connectivity index (χ1n) is 8.24. The van der Waals surface area contributed by atoms with Crippen molar-refractivity contribution in [3.8, 4) is 0 Å². The summed E-state index contributed by atoms with van der Waals surface area (Å²) in [5.74, 6) is 0.732. The average molecular weight is 266 g/mol. The molecule has 19 heavy (non-hydrogen) atoms. The largest absolute Gasteiger partial charge is 0.383 e. The van der Waals surface area contributed by atoms with Crippen LogP contribution in [0.25, 0.3) is 0 Å². The predicted molar refractivity (Wildman–Crippen MR) is 81.7 cm³/mol. The Balaban J connectivity index is 1.70. The Bertz CT molecular complexity index is 276. The second-order valence-electron chi connectivity index (χ2n) is 6.52. The first-order chi connectivity index (χ1) is 9.26. The van der Waals surface area contributed by atoms with E-state index in [2.05, 4.69) is 11.9 Å².